The highest BCUT2D eigenvalue weighted by Gasteiger charge is 2.17. The summed E-state index contributed by atoms with van der Waals surface area (Å²) in [5.74, 6) is 0.597. The zero-order valence-corrected chi connectivity index (χ0v) is 14.8. The number of ether oxygens (including phenoxy) is 2. The number of amides is 2. The van der Waals surface area contributed by atoms with Crippen molar-refractivity contribution < 1.29 is 19.1 Å². The van der Waals surface area contributed by atoms with Gasteiger partial charge in [-0.25, -0.2) is 0 Å². The molecule has 0 spiro atoms. The number of nitrogens with zero attached hydrogens (tertiary/aromatic N) is 1. The normalized spacial score (nSPS) is 11.4. The molecule has 0 aliphatic carbocycles. The number of anilines is 1. The van der Waals surface area contributed by atoms with E-state index < -0.39 is 6.10 Å². The molecule has 0 aliphatic heterocycles. The van der Waals surface area contributed by atoms with Crippen molar-refractivity contribution in [3.05, 3.63) is 54.1 Å². The molecule has 6 heteroatoms. The molecule has 0 bridgehead atoms. The Morgan fingerprint density at radius 3 is 2.36 bits per heavy atom. The van der Waals surface area contributed by atoms with E-state index in [-0.39, 0.29) is 11.8 Å². The van der Waals surface area contributed by atoms with Gasteiger partial charge in [-0.05, 0) is 37.3 Å². The second-order valence-electron chi connectivity index (χ2n) is 5.68. The molecule has 0 aromatic heterocycles. The average molecular weight is 342 g/mol. The highest BCUT2D eigenvalue weighted by molar-refractivity contribution is 5.98. The van der Waals surface area contributed by atoms with Crippen molar-refractivity contribution >= 4 is 17.5 Å². The monoisotopic (exact) mass is 342 g/mol. The van der Waals surface area contributed by atoms with E-state index in [1.54, 1.807) is 70.6 Å². The van der Waals surface area contributed by atoms with E-state index in [0.29, 0.717) is 22.7 Å². The van der Waals surface area contributed by atoms with Crippen LogP contribution < -0.4 is 14.8 Å². The molecule has 132 valence electrons. The van der Waals surface area contributed by atoms with E-state index in [1.165, 1.54) is 4.90 Å². The van der Waals surface area contributed by atoms with Crippen molar-refractivity contribution in [2.45, 2.75) is 13.0 Å². The Bertz CT molecular complexity index is 759. The quantitative estimate of drug-likeness (QED) is 0.876. The van der Waals surface area contributed by atoms with Crippen molar-refractivity contribution in [2.75, 3.05) is 26.5 Å². The van der Waals surface area contributed by atoms with Crippen LogP contribution in [0.2, 0.25) is 0 Å². The molecule has 1 unspecified atom stereocenters. The molecule has 2 amide bonds. The Morgan fingerprint density at radius 2 is 1.72 bits per heavy atom. The van der Waals surface area contributed by atoms with Crippen LogP contribution in [0.3, 0.4) is 0 Å². The predicted octanol–water partition coefficient (Wildman–Crippen LogP) is 2.80. The summed E-state index contributed by atoms with van der Waals surface area (Å²) in [7, 11) is 4.90. The van der Waals surface area contributed by atoms with Crippen LogP contribution in [0.5, 0.6) is 11.5 Å². The molecule has 2 aromatic rings. The first-order valence-electron chi connectivity index (χ1n) is 7.84. The molecular formula is C19H22N2O4. The summed E-state index contributed by atoms with van der Waals surface area (Å²) < 4.78 is 10.9. The summed E-state index contributed by atoms with van der Waals surface area (Å²) in [6.45, 7) is 1.65. The number of rotatable bonds is 6. The van der Waals surface area contributed by atoms with Gasteiger partial charge in [-0.15, -0.1) is 0 Å². The SMILES string of the molecule is COc1ccccc1OC(C)C(=O)Nc1cccc(C(=O)N(C)C)c1. The van der Waals surface area contributed by atoms with Crippen molar-refractivity contribution in [3.8, 4) is 11.5 Å². The number of para-hydroxylation sites is 2. The number of carbonyl (C=O) groups is 2. The summed E-state index contributed by atoms with van der Waals surface area (Å²) in [5, 5.41) is 2.76. The van der Waals surface area contributed by atoms with Crippen molar-refractivity contribution in [1.29, 1.82) is 0 Å². The fraction of sp³-hybridized carbons (Fsp3) is 0.263. The molecule has 25 heavy (non-hydrogen) atoms. The number of hydrogen-bond donors (Lipinski definition) is 1. The van der Waals surface area contributed by atoms with Crippen molar-refractivity contribution in [3.63, 3.8) is 0 Å². The maximum Gasteiger partial charge on any atom is 0.265 e. The number of hydrogen-bond acceptors (Lipinski definition) is 4. The van der Waals surface area contributed by atoms with Gasteiger partial charge in [-0.3, -0.25) is 9.59 Å². The van der Waals surface area contributed by atoms with Gasteiger partial charge in [0.2, 0.25) is 0 Å². The Kier molecular flexibility index (Phi) is 6.00. The van der Waals surface area contributed by atoms with Gasteiger partial charge in [0.05, 0.1) is 7.11 Å². The minimum absolute atomic E-state index is 0.130. The van der Waals surface area contributed by atoms with Crippen LogP contribution in [0.15, 0.2) is 48.5 Å². The lowest BCUT2D eigenvalue weighted by molar-refractivity contribution is -0.122. The fourth-order valence-corrected chi connectivity index (χ4v) is 2.19. The third-order valence-electron chi connectivity index (χ3n) is 3.53. The van der Waals surface area contributed by atoms with Gasteiger partial charge in [-0.1, -0.05) is 18.2 Å². The molecule has 0 aliphatic rings. The van der Waals surface area contributed by atoms with Crippen LogP contribution in [-0.2, 0) is 4.79 Å². The van der Waals surface area contributed by atoms with Crippen LogP contribution in [0.25, 0.3) is 0 Å². The zero-order valence-electron chi connectivity index (χ0n) is 14.8. The van der Waals surface area contributed by atoms with Gasteiger partial charge >= 0.3 is 0 Å². The second kappa shape index (κ2) is 8.19. The van der Waals surface area contributed by atoms with Crippen LogP contribution in [0.4, 0.5) is 5.69 Å². The Morgan fingerprint density at radius 1 is 1.04 bits per heavy atom. The third-order valence-corrected chi connectivity index (χ3v) is 3.53. The maximum absolute atomic E-state index is 12.4. The molecule has 2 rings (SSSR count). The smallest absolute Gasteiger partial charge is 0.265 e. The fourth-order valence-electron chi connectivity index (χ4n) is 2.19. The van der Waals surface area contributed by atoms with E-state index in [0.717, 1.165) is 0 Å². The molecule has 0 saturated heterocycles. The lowest BCUT2D eigenvalue weighted by Gasteiger charge is -2.17. The Balaban J connectivity index is 2.06. The molecule has 1 atom stereocenters. The lowest BCUT2D eigenvalue weighted by atomic mass is 10.1. The first kappa shape index (κ1) is 18.3. The van der Waals surface area contributed by atoms with E-state index in [2.05, 4.69) is 5.32 Å². The predicted molar refractivity (Wildman–Crippen MR) is 96.2 cm³/mol. The number of benzene rings is 2. The minimum atomic E-state index is -0.732. The summed E-state index contributed by atoms with van der Waals surface area (Å²) in [4.78, 5) is 25.8. The Labute approximate surface area is 147 Å². The summed E-state index contributed by atoms with van der Waals surface area (Å²) in [5.41, 5.74) is 1.04. The van der Waals surface area contributed by atoms with Crippen LogP contribution in [0.1, 0.15) is 17.3 Å². The highest BCUT2D eigenvalue weighted by Crippen LogP contribution is 2.27. The van der Waals surface area contributed by atoms with Gasteiger partial charge in [0.25, 0.3) is 11.8 Å². The molecule has 0 saturated carbocycles. The lowest BCUT2D eigenvalue weighted by Crippen LogP contribution is -2.30. The van der Waals surface area contributed by atoms with Crippen LogP contribution >= 0.6 is 0 Å². The van der Waals surface area contributed by atoms with Gasteiger partial charge in [0.15, 0.2) is 17.6 Å². The maximum atomic E-state index is 12.4. The van der Waals surface area contributed by atoms with E-state index in [9.17, 15) is 9.59 Å². The summed E-state index contributed by atoms with van der Waals surface area (Å²) >= 11 is 0. The van der Waals surface area contributed by atoms with Gasteiger partial charge in [0, 0.05) is 25.3 Å². The minimum Gasteiger partial charge on any atom is -0.493 e. The highest BCUT2D eigenvalue weighted by atomic mass is 16.5. The van der Waals surface area contributed by atoms with E-state index >= 15 is 0 Å². The molecule has 6 nitrogen and oxygen atoms in total. The van der Waals surface area contributed by atoms with Crippen LogP contribution in [0, 0.1) is 0 Å². The molecular weight excluding hydrogens is 320 g/mol. The molecule has 0 radical (unpaired) electrons. The number of nitrogens with one attached hydrogen (secondary N) is 1. The number of carbonyl (C=O) groups excluding carboxylic acids is 2. The van der Waals surface area contributed by atoms with E-state index in [4.69, 9.17) is 9.47 Å². The average Bonchev–Trinajstić information content (AvgIpc) is 2.61. The molecule has 0 heterocycles. The van der Waals surface area contributed by atoms with E-state index in [1.807, 2.05) is 6.07 Å². The van der Waals surface area contributed by atoms with Gasteiger partial charge in [0.1, 0.15) is 0 Å². The van der Waals surface area contributed by atoms with Crippen LogP contribution in [-0.4, -0.2) is 44.0 Å². The largest absolute Gasteiger partial charge is 0.493 e. The third kappa shape index (κ3) is 4.73. The van der Waals surface area contributed by atoms with Crippen molar-refractivity contribution in [2.24, 2.45) is 0 Å². The Hall–Kier alpha value is -3.02. The molecule has 1 N–H and O–H groups in total. The topological polar surface area (TPSA) is 67.9 Å². The number of methoxy groups -OCH3 is 1. The molecule has 2 aromatic carbocycles. The van der Waals surface area contributed by atoms with Gasteiger partial charge < -0.3 is 19.7 Å². The first-order chi connectivity index (χ1) is 11.9. The standard InChI is InChI=1S/C19H22N2O4/c1-13(25-17-11-6-5-10-16(17)24-4)18(22)20-15-9-7-8-14(12-15)19(23)21(2)3/h5-13H,1-4H3,(H,20,22). The molecule has 0 fully saturated rings. The summed E-state index contributed by atoms with van der Waals surface area (Å²) in [6, 6.07) is 13.9. The van der Waals surface area contributed by atoms with Gasteiger partial charge in [-0.2, -0.15) is 0 Å². The zero-order chi connectivity index (χ0) is 18.4. The summed E-state index contributed by atoms with van der Waals surface area (Å²) in [6.07, 6.45) is -0.732. The second-order valence-corrected chi connectivity index (χ2v) is 5.68. The first-order valence-corrected chi connectivity index (χ1v) is 7.84. The van der Waals surface area contributed by atoms with Crippen molar-refractivity contribution in [1.82, 2.24) is 4.90 Å².